The number of amides is 2. The van der Waals surface area contributed by atoms with Gasteiger partial charge in [-0.25, -0.2) is 9.59 Å². The fourth-order valence-electron chi connectivity index (χ4n) is 11.6. The Morgan fingerprint density at radius 1 is 0.818 bits per heavy atom. The molecule has 4 N–H and O–H groups in total. The Morgan fingerprint density at radius 2 is 1.43 bits per heavy atom. The van der Waals surface area contributed by atoms with Crippen LogP contribution in [-0.4, -0.2) is 144 Å². The predicted octanol–water partition coefficient (Wildman–Crippen LogP) is 4.95. The van der Waals surface area contributed by atoms with Gasteiger partial charge in [0, 0.05) is 57.1 Å². The van der Waals surface area contributed by atoms with Crippen LogP contribution >= 0.6 is 12.4 Å². The summed E-state index contributed by atoms with van der Waals surface area (Å²) in [5, 5.41) is 31.9. The second-order valence-electron chi connectivity index (χ2n) is 21.2. The number of fused-ring (bicyclic) bond motifs is 5. The molecule has 3 aromatic carbocycles. The van der Waals surface area contributed by atoms with Crippen LogP contribution in [-0.2, 0) is 57.2 Å². The molecular weight excluding hydrogens is 1020 g/mol. The first-order chi connectivity index (χ1) is 36.0. The largest absolute Gasteiger partial charge is 0.455 e. The van der Waals surface area contributed by atoms with E-state index in [0.29, 0.717) is 18.5 Å². The third-order valence-electron chi connectivity index (χ3n) is 15.6. The maximum absolute atomic E-state index is 15.8. The van der Waals surface area contributed by atoms with Crippen LogP contribution in [0.4, 0.5) is 0 Å². The van der Waals surface area contributed by atoms with Gasteiger partial charge in [-0.05, 0) is 88.3 Å². The molecule has 2 bridgehead atoms. The average molecular weight is 1090 g/mol. The van der Waals surface area contributed by atoms with E-state index in [9.17, 15) is 39.0 Å². The molecule has 2 amide bonds. The predicted molar refractivity (Wildman–Crippen MR) is 279 cm³/mol. The Kier molecular flexibility index (Phi) is 19.0. The number of rotatable bonds is 19. The van der Waals surface area contributed by atoms with Crippen LogP contribution in [0.15, 0.2) is 102 Å². The Hall–Kier alpha value is -6.51. The summed E-state index contributed by atoms with van der Waals surface area (Å²) in [6, 6.07) is 22.7. The van der Waals surface area contributed by atoms with Gasteiger partial charge in [-0.15, -0.1) is 12.4 Å². The van der Waals surface area contributed by atoms with E-state index in [-0.39, 0.29) is 72.9 Å². The van der Waals surface area contributed by atoms with Crippen molar-refractivity contribution in [2.24, 2.45) is 16.7 Å². The molecule has 7 rings (SSSR count). The minimum absolute atomic E-state index is 0. The van der Waals surface area contributed by atoms with Crippen LogP contribution < -0.4 is 10.6 Å². The number of aliphatic hydroxyl groups excluding tert-OH is 1. The van der Waals surface area contributed by atoms with Crippen LogP contribution in [0, 0.1) is 16.7 Å². The number of benzene rings is 3. The number of ether oxygens (including phenoxy) is 6. The molecule has 20 heteroatoms. The molecule has 3 aliphatic carbocycles. The lowest BCUT2D eigenvalue weighted by molar-refractivity contribution is -0.346. The van der Waals surface area contributed by atoms with Gasteiger partial charge in [0.2, 0.25) is 12.0 Å². The van der Waals surface area contributed by atoms with E-state index in [4.69, 9.17) is 28.4 Å². The lowest BCUT2D eigenvalue weighted by Crippen LogP contribution is -2.82. The Bertz CT molecular complexity index is 2700. The van der Waals surface area contributed by atoms with Crippen molar-refractivity contribution >= 4 is 59.9 Å². The molecule has 77 heavy (non-hydrogen) atoms. The highest BCUT2D eigenvalue weighted by molar-refractivity contribution is 5.96. The molecular formula is C57H70ClN3O16. The van der Waals surface area contributed by atoms with Gasteiger partial charge in [0.1, 0.15) is 30.0 Å². The molecule has 0 radical (unpaired) electrons. The second kappa shape index (κ2) is 24.4. The summed E-state index contributed by atoms with van der Waals surface area (Å²) in [4.78, 5) is 115. The molecule has 4 aliphatic rings. The number of Topliss-reactive ketones (excluding diaryl/α,β-unsaturated/α-hetero) is 1. The molecule has 416 valence electrons. The monoisotopic (exact) mass is 1090 g/mol. The number of halogens is 1. The van der Waals surface area contributed by atoms with E-state index in [0.717, 1.165) is 20.4 Å². The van der Waals surface area contributed by atoms with Gasteiger partial charge in [0.15, 0.2) is 17.5 Å². The Balaban J connectivity index is 0.00000961. The molecule has 19 nitrogen and oxygen atoms in total. The number of nitrogens with zero attached hydrogens (tertiary/aromatic N) is 1. The molecule has 0 spiro atoms. The number of nitrogens with one attached hydrogen (secondary N) is 2. The molecule has 4 unspecified atom stereocenters. The van der Waals surface area contributed by atoms with Crippen LogP contribution in [0.3, 0.4) is 0 Å². The zero-order valence-electron chi connectivity index (χ0n) is 44.6. The summed E-state index contributed by atoms with van der Waals surface area (Å²) in [7, 11) is 3.84. The standard InChI is InChI=1S/C57H69N3O16.ClH/c1-33-39(73-53(69)47(74-43(65)27-18-26-42(64)58-28-19-29-60(7)8)45(36-20-12-9-13-21-36)59-51(67)37-22-14-10-15-23-37)31-57(70)50(75-52(68)38-24-16-11-17-25-38)48-55(6,40(63)30-41-56(48,32-71-41)76-35(3)62)49(66)46(72-34(2)61)44(33)54(57,4)5;/h9-17,20-25,39-41,45-48,50,63,70H,18-19,26-32H2,1-8H3,(H,58,64)(H,59,67);1H/t39-,40-,41?,45?,46+,47?,48?,50+,55+,56+,57+;/m0./s1. The number of hydrogen-bond donors (Lipinski definition) is 4. The van der Waals surface area contributed by atoms with Crippen LogP contribution in [0.2, 0.25) is 0 Å². The molecule has 3 aromatic rings. The fraction of sp³-hybridized carbons (Fsp3) is 0.509. The van der Waals surface area contributed by atoms with Gasteiger partial charge in [-0.3, -0.25) is 28.8 Å². The van der Waals surface area contributed by atoms with Gasteiger partial charge in [-0.2, -0.15) is 0 Å². The number of aliphatic hydroxyl groups is 2. The quantitative estimate of drug-likeness (QED) is 0.0536. The summed E-state index contributed by atoms with van der Waals surface area (Å²) >= 11 is 0. The zero-order chi connectivity index (χ0) is 55.3. The molecule has 1 heterocycles. The van der Waals surface area contributed by atoms with E-state index in [2.05, 4.69) is 10.6 Å². The topological polar surface area (TPSA) is 260 Å². The van der Waals surface area contributed by atoms with Crippen molar-refractivity contribution < 1.29 is 77.0 Å². The van der Waals surface area contributed by atoms with Gasteiger partial charge >= 0.3 is 29.8 Å². The van der Waals surface area contributed by atoms with Crippen LogP contribution in [0.5, 0.6) is 0 Å². The van der Waals surface area contributed by atoms with Gasteiger partial charge in [0.25, 0.3) is 5.91 Å². The second-order valence-corrected chi connectivity index (χ2v) is 21.2. The first kappa shape index (κ1) is 59.7. The molecule has 2 saturated carbocycles. The summed E-state index contributed by atoms with van der Waals surface area (Å²) < 4.78 is 36.9. The Labute approximate surface area is 454 Å². The maximum atomic E-state index is 15.8. The van der Waals surface area contributed by atoms with Gasteiger partial charge in [0.05, 0.1) is 29.6 Å². The number of ketones is 1. The highest BCUT2D eigenvalue weighted by Crippen LogP contribution is 2.64. The van der Waals surface area contributed by atoms with E-state index in [1.165, 1.54) is 26.0 Å². The molecule has 1 aliphatic heterocycles. The molecule has 1 saturated heterocycles. The lowest BCUT2D eigenvalue weighted by atomic mass is 9.44. The smallest absolute Gasteiger partial charge is 0.350 e. The van der Waals surface area contributed by atoms with Crippen molar-refractivity contribution in [1.82, 2.24) is 15.5 Å². The first-order valence-electron chi connectivity index (χ1n) is 25.6. The summed E-state index contributed by atoms with van der Waals surface area (Å²) in [6.45, 7) is 9.04. The van der Waals surface area contributed by atoms with Crippen molar-refractivity contribution in [3.05, 3.63) is 119 Å². The summed E-state index contributed by atoms with van der Waals surface area (Å²) in [5.74, 6) is -8.30. The minimum atomic E-state index is -2.48. The number of carbonyl (C=O) groups is 8. The fourth-order valence-corrected chi connectivity index (χ4v) is 11.6. The molecule has 11 atom stereocenters. The van der Waals surface area contributed by atoms with E-state index in [1.54, 1.807) is 92.7 Å². The van der Waals surface area contributed by atoms with Crippen molar-refractivity contribution in [1.29, 1.82) is 0 Å². The van der Waals surface area contributed by atoms with Crippen molar-refractivity contribution in [3.63, 3.8) is 0 Å². The summed E-state index contributed by atoms with van der Waals surface area (Å²) in [5.41, 5.74) is -7.53. The highest BCUT2D eigenvalue weighted by atomic mass is 35.5. The maximum Gasteiger partial charge on any atom is 0.350 e. The van der Waals surface area contributed by atoms with Crippen molar-refractivity contribution in [2.75, 3.05) is 33.8 Å². The SMILES string of the molecule is CC(=O)O[C@H]1C(=O)[C@@]2(C)C([C@@H](OC(=O)c3ccccc3)[C@]3(O)C[C@H](OC(=O)C(OC(=O)CCCC(=O)NCCCN(C)C)C(NC(=O)c4ccccc4)c4ccccc4)C(C)=C1C3(C)C)[C@@]1(OC(C)=O)COC1C[C@@H]2O.Cl. The number of esters is 5. The molecule has 3 fully saturated rings. The van der Waals surface area contributed by atoms with Crippen LogP contribution in [0.1, 0.15) is 112 Å². The van der Waals surface area contributed by atoms with E-state index < -0.39 is 119 Å². The third kappa shape index (κ3) is 12.1. The average Bonchev–Trinajstić information content (AvgIpc) is 3.48. The zero-order valence-corrected chi connectivity index (χ0v) is 45.4. The van der Waals surface area contributed by atoms with E-state index >= 15 is 9.59 Å². The number of hydrogen-bond acceptors (Lipinski definition) is 17. The highest BCUT2D eigenvalue weighted by Gasteiger charge is 2.78. The van der Waals surface area contributed by atoms with E-state index in [1.807, 2.05) is 19.0 Å². The Morgan fingerprint density at radius 3 is 2.00 bits per heavy atom. The van der Waals surface area contributed by atoms with Gasteiger partial charge in [-0.1, -0.05) is 80.6 Å². The van der Waals surface area contributed by atoms with Crippen molar-refractivity contribution in [3.8, 4) is 0 Å². The summed E-state index contributed by atoms with van der Waals surface area (Å²) in [6.07, 6.45) is -10.5. The third-order valence-corrected chi connectivity index (χ3v) is 15.6. The normalized spacial score (nSPS) is 27.7. The lowest BCUT2D eigenvalue weighted by Gasteiger charge is -2.67. The number of carbonyl (C=O) groups excluding carboxylic acids is 8. The minimum Gasteiger partial charge on any atom is -0.455 e. The van der Waals surface area contributed by atoms with Gasteiger partial charge < -0.3 is 54.2 Å². The van der Waals surface area contributed by atoms with Crippen LogP contribution in [0.25, 0.3) is 0 Å². The molecule has 0 aromatic heterocycles. The first-order valence-corrected chi connectivity index (χ1v) is 25.6. The van der Waals surface area contributed by atoms with Crippen molar-refractivity contribution in [2.45, 2.75) is 134 Å².